The summed E-state index contributed by atoms with van der Waals surface area (Å²) in [5.74, 6) is 2.25. The number of aromatic nitrogens is 1. The van der Waals surface area contributed by atoms with Gasteiger partial charge in [-0.1, -0.05) is 6.07 Å². The molecule has 1 saturated carbocycles. The Hall–Kier alpha value is -0.740. The molecule has 0 radical (unpaired) electrons. The fourth-order valence-corrected chi connectivity index (χ4v) is 2.70. The van der Waals surface area contributed by atoms with E-state index in [4.69, 9.17) is 0 Å². The molecule has 18 heavy (non-hydrogen) atoms. The zero-order chi connectivity index (χ0) is 13.0. The van der Waals surface area contributed by atoms with Crippen molar-refractivity contribution in [1.82, 2.24) is 10.3 Å². The van der Waals surface area contributed by atoms with Crippen molar-refractivity contribution in [2.45, 2.75) is 38.4 Å². The molecule has 1 fully saturated rings. The van der Waals surface area contributed by atoms with E-state index < -0.39 is 0 Å². The van der Waals surface area contributed by atoms with Crippen LogP contribution in [-0.2, 0) is 6.54 Å². The summed E-state index contributed by atoms with van der Waals surface area (Å²) in [5.41, 5.74) is 1.31. The average molecular weight is 265 g/mol. The predicted octanol–water partition coefficient (Wildman–Crippen LogP) is 2.52. The van der Waals surface area contributed by atoms with Crippen molar-refractivity contribution < 1.29 is 0 Å². The molecule has 3 nitrogen and oxygen atoms in total. The van der Waals surface area contributed by atoms with Crippen LogP contribution < -0.4 is 10.2 Å². The highest BCUT2D eigenvalue weighted by Crippen LogP contribution is 2.22. The first-order valence-electron chi connectivity index (χ1n) is 6.61. The van der Waals surface area contributed by atoms with Crippen LogP contribution in [0.3, 0.4) is 0 Å². The smallest absolute Gasteiger partial charge is 0.133 e. The molecular formula is C14H23N3S. The summed E-state index contributed by atoms with van der Waals surface area (Å²) in [5, 5.41) is 3.57. The molecule has 1 heterocycles. The van der Waals surface area contributed by atoms with Gasteiger partial charge in [0.25, 0.3) is 0 Å². The van der Waals surface area contributed by atoms with Crippen LogP contribution in [-0.4, -0.2) is 36.1 Å². The zero-order valence-corrected chi connectivity index (χ0v) is 12.3. The third-order valence-electron chi connectivity index (χ3n) is 3.43. The highest BCUT2D eigenvalue weighted by atomic mass is 32.2. The predicted molar refractivity (Wildman–Crippen MR) is 80.3 cm³/mol. The normalized spacial score (nSPS) is 16.6. The highest BCUT2D eigenvalue weighted by molar-refractivity contribution is 7.98. The largest absolute Gasteiger partial charge is 0.356 e. The monoisotopic (exact) mass is 265 g/mol. The molecule has 0 bridgehead atoms. The number of rotatable bonds is 7. The maximum Gasteiger partial charge on any atom is 0.133 e. The second-order valence-electron chi connectivity index (χ2n) is 5.06. The van der Waals surface area contributed by atoms with Gasteiger partial charge in [0.15, 0.2) is 0 Å². The van der Waals surface area contributed by atoms with Crippen LogP contribution in [0.2, 0.25) is 0 Å². The molecule has 0 saturated heterocycles. The third-order valence-corrected chi connectivity index (χ3v) is 4.24. The van der Waals surface area contributed by atoms with Gasteiger partial charge in [0.1, 0.15) is 5.82 Å². The van der Waals surface area contributed by atoms with Gasteiger partial charge in [-0.05, 0) is 32.1 Å². The van der Waals surface area contributed by atoms with Gasteiger partial charge < -0.3 is 10.2 Å². The third kappa shape index (κ3) is 3.62. The molecular weight excluding hydrogens is 242 g/mol. The minimum Gasteiger partial charge on any atom is -0.356 e. The van der Waals surface area contributed by atoms with Gasteiger partial charge in [-0.2, -0.15) is 11.8 Å². The first-order valence-corrected chi connectivity index (χ1v) is 8.00. The molecule has 1 aliphatic rings. The molecule has 100 valence electrons. The molecule has 4 heteroatoms. The summed E-state index contributed by atoms with van der Waals surface area (Å²) < 4.78 is 0. The van der Waals surface area contributed by atoms with Gasteiger partial charge in [-0.3, -0.25) is 0 Å². The van der Waals surface area contributed by atoms with Crippen molar-refractivity contribution in [2.24, 2.45) is 0 Å². The van der Waals surface area contributed by atoms with E-state index >= 15 is 0 Å². The summed E-state index contributed by atoms with van der Waals surface area (Å²) in [7, 11) is 2.14. The number of anilines is 1. The minimum atomic E-state index is 0.509. The van der Waals surface area contributed by atoms with E-state index in [1.54, 1.807) is 0 Å². The Morgan fingerprint density at radius 3 is 3.00 bits per heavy atom. The molecule has 1 aromatic rings. The van der Waals surface area contributed by atoms with Crippen LogP contribution >= 0.6 is 11.8 Å². The van der Waals surface area contributed by atoms with E-state index in [1.807, 2.05) is 24.0 Å². The number of hydrogen-bond acceptors (Lipinski definition) is 4. The van der Waals surface area contributed by atoms with Crippen LogP contribution in [0.1, 0.15) is 25.3 Å². The average Bonchev–Trinajstić information content (AvgIpc) is 3.20. The van der Waals surface area contributed by atoms with Crippen molar-refractivity contribution in [2.75, 3.05) is 24.0 Å². The SMILES string of the molecule is CSCC(C)N(C)c1ncccc1CNC1CC1. The molecule has 0 aromatic carbocycles. The number of nitrogens with one attached hydrogen (secondary N) is 1. The topological polar surface area (TPSA) is 28.2 Å². The van der Waals surface area contributed by atoms with Crippen LogP contribution in [0.25, 0.3) is 0 Å². The van der Waals surface area contributed by atoms with E-state index in [-0.39, 0.29) is 0 Å². The molecule has 1 unspecified atom stereocenters. The molecule has 1 N–H and O–H groups in total. The number of pyridine rings is 1. The van der Waals surface area contributed by atoms with E-state index in [0.717, 1.165) is 24.2 Å². The molecule has 0 aliphatic heterocycles. The highest BCUT2D eigenvalue weighted by Gasteiger charge is 2.21. The lowest BCUT2D eigenvalue weighted by molar-refractivity contribution is 0.676. The fraction of sp³-hybridized carbons (Fsp3) is 0.643. The molecule has 0 amide bonds. The van der Waals surface area contributed by atoms with E-state index in [2.05, 4.69) is 41.5 Å². The second kappa shape index (κ2) is 6.43. The maximum atomic E-state index is 4.56. The van der Waals surface area contributed by atoms with Crippen LogP contribution in [0.4, 0.5) is 5.82 Å². The minimum absolute atomic E-state index is 0.509. The maximum absolute atomic E-state index is 4.56. The first-order chi connectivity index (χ1) is 8.72. The van der Waals surface area contributed by atoms with E-state index in [1.165, 1.54) is 18.4 Å². The summed E-state index contributed by atoms with van der Waals surface area (Å²) in [6.45, 7) is 3.19. The van der Waals surface area contributed by atoms with Gasteiger partial charge in [0.2, 0.25) is 0 Å². The molecule has 2 rings (SSSR count). The lowest BCUT2D eigenvalue weighted by Crippen LogP contribution is -2.33. The van der Waals surface area contributed by atoms with Gasteiger partial charge >= 0.3 is 0 Å². The van der Waals surface area contributed by atoms with Crippen LogP contribution in [0.5, 0.6) is 0 Å². The Balaban J connectivity index is 2.04. The van der Waals surface area contributed by atoms with Crippen molar-refractivity contribution in [3.8, 4) is 0 Å². The van der Waals surface area contributed by atoms with Gasteiger partial charge in [-0.25, -0.2) is 4.98 Å². The molecule has 0 spiro atoms. The Labute approximate surface area is 114 Å². The van der Waals surface area contributed by atoms with E-state index in [9.17, 15) is 0 Å². The lowest BCUT2D eigenvalue weighted by atomic mass is 10.2. The fourth-order valence-electron chi connectivity index (χ4n) is 1.99. The first kappa shape index (κ1) is 13.7. The van der Waals surface area contributed by atoms with Gasteiger partial charge in [0.05, 0.1) is 0 Å². The van der Waals surface area contributed by atoms with Crippen LogP contribution in [0, 0.1) is 0 Å². The number of thioether (sulfide) groups is 1. The zero-order valence-electron chi connectivity index (χ0n) is 11.5. The van der Waals surface area contributed by atoms with E-state index in [0.29, 0.717) is 6.04 Å². The molecule has 1 atom stereocenters. The van der Waals surface area contributed by atoms with Crippen molar-refractivity contribution >= 4 is 17.6 Å². The summed E-state index contributed by atoms with van der Waals surface area (Å²) in [4.78, 5) is 6.85. The summed E-state index contributed by atoms with van der Waals surface area (Å²) >= 11 is 1.88. The quantitative estimate of drug-likeness (QED) is 0.820. The van der Waals surface area contributed by atoms with Gasteiger partial charge in [-0.15, -0.1) is 0 Å². The van der Waals surface area contributed by atoms with Gasteiger partial charge in [0, 0.05) is 43.2 Å². The lowest BCUT2D eigenvalue weighted by Gasteiger charge is -2.27. The van der Waals surface area contributed by atoms with Crippen molar-refractivity contribution in [3.63, 3.8) is 0 Å². The Kier molecular flexibility index (Phi) is 4.89. The van der Waals surface area contributed by atoms with Crippen molar-refractivity contribution in [3.05, 3.63) is 23.9 Å². The Morgan fingerprint density at radius 1 is 1.56 bits per heavy atom. The van der Waals surface area contributed by atoms with Crippen LogP contribution in [0.15, 0.2) is 18.3 Å². The Bertz CT molecular complexity index is 379. The van der Waals surface area contributed by atoms with Crippen molar-refractivity contribution in [1.29, 1.82) is 0 Å². The summed E-state index contributed by atoms with van der Waals surface area (Å²) in [6.07, 6.45) is 6.69. The summed E-state index contributed by atoms with van der Waals surface area (Å²) in [6, 6.07) is 5.46. The Morgan fingerprint density at radius 2 is 2.33 bits per heavy atom. The number of hydrogen-bond donors (Lipinski definition) is 1. The molecule has 1 aromatic heterocycles. The molecule has 1 aliphatic carbocycles. The number of nitrogens with zero attached hydrogens (tertiary/aromatic N) is 2. The second-order valence-corrected chi connectivity index (χ2v) is 5.97. The standard InChI is InChI=1S/C14H23N3S/c1-11(10-18-3)17(2)14-12(5-4-8-15-14)9-16-13-6-7-13/h4-5,8,11,13,16H,6-7,9-10H2,1-3H3.